The molecule has 0 aliphatic carbocycles. The zero-order chi connectivity index (χ0) is 18.6. The number of halogens is 1. The average Bonchev–Trinajstić information content (AvgIpc) is 2.58. The van der Waals surface area contributed by atoms with Gasteiger partial charge in [0, 0.05) is 18.6 Å². The lowest BCUT2D eigenvalue weighted by molar-refractivity contribution is 0.0948. The average molecular weight is 383 g/mol. The van der Waals surface area contributed by atoms with E-state index in [-0.39, 0.29) is 18.0 Å². The molecule has 0 saturated heterocycles. The van der Waals surface area contributed by atoms with Gasteiger partial charge in [-0.1, -0.05) is 29.8 Å². The Morgan fingerprint density at radius 2 is 1.92 bits per heavy atom. The lowest BCUT2D eigenvalue weighted by atomic mass is 10.1. The van der Waals surface area contributed by atoms with E-state index in [0.29, 0.717) is 16.5 Å². The first-order valence-electron chi connectivity index (χ1n) is 7.37. The van der Waals surface area contributed by atoms with Crippen LogP contribution in [0.2, 0.25) is 5.02 Å². The third-order valence-electron chi connectivity index (χ3n) is 3.69. The van der Waals surface area contributed by atoms with Crippen molar-refractivity contribution in [3.63, 3.8) is 0 Å². The van der Waals surface area contributed by atoms with Gasteiger partial charge in [0.25, 0.3) is 5.91 Å². The monoisotopic (exact) mass is 382 g/mol. The second kappa shape index (κ2) is 7.76. The van der Waals surface area contributed by atoms with Crippen molar-refractivity contribution in [2.45, 2.75) is 6.54 Å². The number of nitrogens with zero attached hydrogens (tertiary/aromatic N) is 1. The summed E-state index contributed by atoms with van der Waals surface area (Å²) in [6.07, 6.45) is 1.09. The van der Waals surface area contributed by atoms with Crippen molar-refractivity contribution in [2.75, 3.05) is 24.7 Å². The van der Waals surface area contributed by atoms with E-state index >= 15 is 0 Å². The van der Waals surface area contributed by atoms with Gasteiger partial charge in [0.05, 0.1) is 24.6 Å². The second-order valence-corrected chi connectivity index (χ2v) is 7.81. The summed E-state index contributed by atoms with van der Waals surface area (Å²) >= 11 is 6.08. The summed E-state index contributed by atoms with van der Waals surface area (Å²) in [5.74, 6) is -0.0390. The highest BCUT2D eigenvalue weighted by molar-refractivity contribution is 7.92. The van der Waals surface area contributed by atoms with Crippen LogP contribution in [-0.2, 0) is 16.6 Å². The fourth-order valence-corrected chi connectivity index (χ4v) is 2.87. The number of amides is 1. The van der Waals surface area contributed by atoms with Crippen LogP contribution in [0.3, 0.4) is 0 Å². The Hall–Kier alpha value is -2.25. The van der Waals surface area contributed by atoms with Crippen LogP contribution in [0.25, 0.3) is 0 Å². The van der Waals surface area contributed by atoms with Crippen LogP contribution in [-0.4, -0.2) is 34.7 Å². The van der Waals surface area contributed by atoms with Gasteiger partial charge in [0.1, 0.15) is 5.75 Å². The number of anilines is 1. The normalized spacial score (nSPS) is 11.0. The van der Waals surface area contributed by atoms with Gasteiger partial charge in [-0.05, 0) is 29.8 Å². The van der Waals surface area contributed by atoms with E-state index in [1.807, 2.05) is 12.1 Å². The van der Waals surface area contributed by atoms with Crippen LogP contribution >= 0.6 is 11.6 Å². The van der Waals surface area contributed by atoms with Crippen molar-refractivity contribution in [1.29, 1.82) is 0 Å². The van der Waals surface area contributed by atoms with E-state index in [2.05, 4.69) is 5.32 Å². The first kappa shape index (κ1) is 19.1. The van der Waals surface area contributed by atoms with Crippen molar-refractivity contribution in [2.24, 2.45) is 0 Å². The second-order valence-electron chi connectivity index (χ2n) is 5.39. The molecule has 0 aliphatic heterocycles. The van der Waals surface area contributed by atoms with Gasteiger partial charge >= 0.3 is 0 Å². The van der Waals surface area contributed by atoms with Crippen LogP contribution in [0.15, 0.2) is 42.5 Å². The van der Waals surface area contributed by atoms with E-state index in [0.717, 1.165) is 16.1 Å². The van der Waals surface area contributed by atoms with Gasteiger partial charge in [-0.2, -0.15) is 0 Å². The van der Waals surface area contributed by atoms with Crippen molar-refractivity contribution in [1.82, 2.24) is 5.32 Å². The fraction of sp³-hybridized carbons (Fsp3) is 0.235. The van der Waals surface area contributed by atoms with Gasteiger partial charge in [-0.15, -0.1) is 0 Å². The summed E-state index contributed by atoms with van der Waals surface area (Å²) in [5.41, 5.74) is 1.38. The summed E-state index contributed by atoms with van der Waals surface area (Å²) in [7, 11) is -0.572. The summed E-state index contributed by atoms with van der Waals surface area (Å²) in [6.45, 7) is 0.244. The van der Waals surface area contributed by atoms with Crippen molar-refractivity contribution in [3.05, 3.63) is 58.6 Å². The molecule has 2 aromatic rings. The summed E-state index contributed by atoms with van der Waals surface area (Å²) in [6, 6.07) is 11.8. The predicted octanol–water partition coefficient (Wildman–Crippen LogP) is 2.67. The van der Waals surface area contributed by atoms with Gasteiger partial charge in [-0.25, -0.2) is 8.42 Å². The number of benzene rings is 2. The molecule has 0 saturated carbocycles. The molecule has 0 radical (unpaired) electrons. The Labute approximate surface area is 152 Å². The molecule has 2 aromatic carbocycles. The molecule has 0 heterocycles. The lowest BCUT2D eigenvalue weighted by Crippen LogP contribution is -2.26. The number of sulfonamides is 1. The minimum Gasteiger partial charge on any atom is -0.496 e. The quantitative estimate of drug-likeness (QED) is 0.833. The number of hydrogen-bond acceptors (Lipinski definition) is 4. The van der Waals surface area contributed by atoms with Crippen LogP contribution in [0.4, 0.5) is 5.69 Å². The van der Waals surface area contributed by atoms with Gasteiger partial charge in [0.2, 0.25) is 10.0 Å². The van der Waals surface area contributed by atoms with E-state index in [4.69, 9.17) is 16.3 Å². The molecular weight excluding hydrogens is 364 g/mol. The molecule has 2 rings (SSSR count). The number of carbonyl (C=O) groups excluding carboxylic acids is 1. The maximum atomic E-state index is 12.5. The van der Waals surface area contributed by atoms with Crippen LogP contribution in [0.5, 0.6) is 5.75 Å². The molecule has 8 heteroatoms. The molecule has 1 amide bonds. The number of rotatable bonds is 6. The van der Waals surface area contributed by atoms with E-state index in [9.17, 15) is 13.2 Å². The number of nitrogens with one attached hydrogen (secondary N) is 1. The number of methoxy groups -OCH3 is 1. The Morgan fingerprint density at radius 1 is 1.24 bits per heavy atom. The van der Waals surface area contributed by atoms with E-state index < -0.39 is 10.0 Å². The Balaban J connectivity index is 2.27. The van der Waals surface area contributed by atoms with E-state index in [1.54, 1.807) is 24.3 Å². The predicted molar refractivity (Wildman–Crippen MR) is 98.9 cm³/mol. The van der Waals surface area contributed by atoms with Gasteiger partial charge in [0.15, 0.2) is 0 Å². The zero-order valence-electron chi connectivity index (χ0n) is 14.1. The van der Waals surface area contributed by atoms with Crippen molar-refractivity contribution in [3.8, 4) is 5.75 Å². The number of ether oxygens (including phenoxy) is 1. The molecule has 0 spiro atoms. The fourth-order valence-electron chi connectivity index (χ4n) is 2.17. The molecule has 0 fully saturated rings. The smallest absolute Gasteiger partial charge is 0.255 e. The first-order valence-corrected chi connectivity index (χ1v) is 9.60. The zero-order valence-corrected chi connectivity index (χ0v) is 15.7. The first-order chi connectivity index (χ1) is 11.7. The highest BCUT2D eigenvalue weighted by Crippen LogP contribution is 2.26. The molecular formula is C17H19ClN2O4S. The van der Waals surface area contributed by atoms with Gasteiger partial charge in [-0.3, -0.25) is 9.10 Å². The number of carbonyl (C=O) groups is 1. The Kier molecular flexibility index (Phi) is 5.92. The highest BCUT2D eigenvalue weighted by atomic mass is 35.5. The standard InChI is InChI=1S/C17H19ClN2O4S/c1-20(25(3,22)23)13-8-9-16(24-2)14(10-13)17(21)19-11-12-6-4-5-7-15(12)18/h4-10H,11H2,1-3H3,(H,19,21). The molecule has 0 atom stereocenters. The van der Waals surface area contributed by atoms with Crippen LogP contribution < -0.4 is 14.4 Å². The van der Waals surface area contributed by atoms with Crippen LogP contribution in [0, 0.1) is 0 Å². The van der Waals surface area contributed by atoms with Crippen molar-refractivity contribution < 1.29 is 17.9 Å². The summed E-state index contributed by atoms with van der Waals surface area (Å²) in [5, 5.41) is 3.32. The largest absolute Gasteiger partial charge is 0.496 e. The summed E-state index contributed by atoms with van der Waals surface area (Å²) < 4.78 is 29.7. The lowest BCUT2D eigenvalue weighted by Gasteiger charge is -2.18. The maximum absolute atomic E-state index is 12.5. The van der Waals surface area contributed by atoms with Crippen LogP contribution in [0.1, 0.15) is 15.9 Å². The third-order valence-corrected chi connectivity index (χ3v) is 5.26. The van der Waals surface area contributed by atoms with E-state index in [1.165, 1.54) is 20.2 Å². The molecule has 0 bridgehead atoms. The molecule has 6 nitrogen and oxygen atoms in total. The SMILES string of the molecule is COc1ccc(N(C)S(C)(=O)=O)cc1C(=O)NCc1ccccc1Cl. The molecule has 0 aliphatic rings. The Bertz CT molecular complexity index is 884. The highest BCUT2D eigenvalue weighted by Gasteiger charge is 2.18. The van der Waals surface area contributed by atoms with Gasteiger partial charge < -0.3 is 10.1 Å². The number of hydrogen-bond donors (Lipinski definition) is 1. The molecule has 25 heavy (non-hydrogen) atoms. The molecule has 0 unspecified atom stereocenters. The minimum absolute atomic E-state index is 0.238. The molecule has 1 N–H and O–H groups in total. The topological polar surface area (TPSA) is 75.7 Å². The molecule has 134 valence electrons. The third kappa shape index (κ3) is 4.64. The molecule has 0 aromatic heterocycles. The minimum atomic E-state index is -3.44. The summed E-state index contributed by atoms with van der Waals surface area (Å²) in [4.78, 5) is 12.5. The maximum Gasteiger partial charge on any atom is 0.255 e. The van der Waals surface area contributed by atoms with Crippen molar-refractivity contribution >= 4 is 33.2 Å². The Morgan fingerprint density at radius 3 is 2.52 bits per heavy atom.